The topological polar surface area (TPSA) is 60.2 Å². The van der Waals surface area contributed by atoms with E-state index in [4.69, 9.17) is 11.6 Å². The first-order valence-electron chi connectivity index (χ1n) is 4.48. The second-order valence-electron chi connectivity index (χ2n) is 3.20. The molecule has 0 heterocycles. The zero-order valence-corrected chi connectivity index (χ0v) is 10.6. The molecule has 0 unspecified atom stereocenters. The number of halogens is 2. The number of carbonyl (C=O) groups excluding carboxylic acids is 1. The van der Waals surface area contributed by atoms with E-state index in [0.29, 0.717) is 5.56 Å². The summed E-state index contributed by atoms with van der Waals surface area (Å²) in [5.41, 5.74) is 1.14. The number of nitrogens with zero attached hydrogens (tertiary/aromatic N) is 1. The highest BCUT2D eigenvalue weighted by atomic mass is 79.9. The molecule has 1 aromatic rings. The number of nitro groups is 1. The Labute approximate surface area is 106 Å². The molecule has 0 spiro atoms. The van der Waals surface area contributed by atoms with E-state index >= 15 is 0 Å². The van der Waals surface area contributed by atoms with Gasteiger partial charge in [0.1, 0.15) is 5.78 Å². The Morgan fingerprint density at radius 1 is 1.50 bits per heavy atom. The minimum Gasteiger partial charge on any atom is -0.298 e. The Hall–Kier alpha value is -0.940. The minimum atomic E-state index is -0.491. The number of alkyl halides is 2. The summed E-state index contributed by atoms with van der Waals surface area (Å²) in [6, 6.07) is 4.58. The molecular formula is C10H9BrClNO3. The molecule has 0 N–H and O–H groups in total. The molecule has 0 saturated carbocycles. The molecule has 0 atom stereocenters. The molecular weight excluding hydrogens is 297 g/mol. The molecule has 0 aliphatic heterocycles. The third-order valence-corrected chi connectivity index (χ3v) is 2.97. The molecule has 4 nitrogen and oxygen atoms in total. The average Bonchev–Trinajstić information content (AvgIpc) is 2.28. The van der Waals surface area contributed by atoms with Gasteiger partial charge in [-0.05, 0) is 11.6 Å². The molecule has 16 heavy (non-hydrogen) atoms. The normalized spacial score (nSPS) is 10.1. The zero-order valence-electron chi connectivity index (χ0n) is 8.28. The van der Waals surface area contributed by atoms with Crippen molar-refractivity contribution < 1.29 is 9.72 Å². The van der Waals surface area contributed by atoms with Crippen LogP contribution in [-0.2, 0) is 17.1 Å². The molecule has 0 aliphatic rings. The van der Waals surface area contributed by atoms with Crippen molar-refractivity contribution in [3.8, 4) is 0 Å². The number of ketones is 1. The van der Waals surface area contributed by atoms with Crippen molar-refractivity contribution in [2.45, 2.75) is 12.3 Å². The Morgan fingerprint density at radius 2 is 2.19 bits per heavy atom. The third-order valence-electron chi connectivity index (χ3n) is 2.03. The Balaban J connectivity index is 3.10. The lowest BCUT2D eigenvalue weighted by molar-refractivity contribution is -0.385. The molecule has 0 bridgehead atoms. The molecule has 0 amide bonds. The highest BCUT2D eigenvalue weighted by molar-refractivity contribution is 9.09. The van der Waals surface area contributed by atoms with E-state index in [1.165, 1.54) is 6.07 Å². The summed E-state index contributed by atoms with van der Waals surface area (Å²) in [7, 11) is 0. The molecule has 86 valence electrons. The lowest BCUT2D eigenvalue weighted by atomic mass is 10.0. The number of Topliss-reactive ketones (excluding diaryl/α,β-unsaturated/α-hetero) is 1. The van der Waals surface area contributed by atoms with Gasteiger partial charge in [-0.3, -0.25) is 14.9 Å². The summed E-state index contributed by atoms with van der Waals surface area (Å²) in [6.45, 7) is 0. The summed E-state index contributed by atoms with van der Waals surface area (Å²) in [6.07, 6.45) is 0.0479. The minimum absolute atomic E-state index is 0.0387. The van der Waals surface area contributed by atoms with Crippen LogP contribution < -0.4 is 0 Å². The maximum Gasteiger partial charge on any atom is 0.273 e. The van der Waals surface area contributed by atoms with Gasteiger partial charge in [0, 0.05) is 23.9 Å². The fourth-order valence-electron chi connectivity index (χ4n) is 1.30. The van der Waals surface area contributed by atoms with Gasteiger partial charge in [-0.1, -0.05) is 22.0 Å². The van der Waals surface area contributed by atoms with E-state index in [2.05, 4.69) is 15.9 Å². The van der Waals surface area contributed by atoms with Crippen molar-refractivity contribution in [2.75, 3.05) is 5.33 Å². The van der Waals surface area contributed by atoms with Gasteiger partial charge in [0.25, 0.3) is 5.69 Å². The van der Waals surface area contributed by atoms with Crippen molar-refractivity contribution in [2.24, 2.45) is 0 Å². The summed E-state index contributed by atoms with van der Waals surface area (Å²) in [5, 5.41) is 10.9. The second kappa shape index (κ2) is 5.96. The average molecular weight is 307 g/mol. The van der Waals surface area contributed by atoms with E-state index in [1.54, 1.807) is 12.1 Å². The Morgan fingerprint density at radius 3 is 2.69 bits per heavy atom. The molecule has 0 radical (unpaired) electrons. The van der Waals surface area contributed by atoms with Crippen LogP contribution in [0.2, 0.25) is 0 Å². The first-order valence-corrected chi connectivity index (χ1v) is 6.14. The number of hydrogen-bond donors (Lipinski definition) is 0. The van der Waals surface area contributed by atoms with E-state index in [1.807, 2.05) is 0 Å². The lowest BCUT2D eigenvalue weighted by Crippen LogP contribution is -2.06. The van der Waals surface area contributed by atoms with E-state index in [0.717, 1.165) is 5.56 Å². The summed E-state index contributed by atoms with van der Waals surface area (Å²) in [5.74, 6) is 0.169. The fourth-order valence-corrected chi connectivity index (χ4v) is 1.67. The molecule has 0 aliphatic carbocycles. The first-order chi connectivity index (χ1) is 7.58. The summed E-state index contributed by atoms with van der Waals surface area (Å²) < 4.78 is 0. The van der Waals surface area contributed by atoms with E-state index in [-0.39, 0.29) is 29.1 Å². The SMILES string of the molecule is O=C(CBr)Cc1cc(CCl)ccc1[N+](=O)[O-]. The van der Waals surface area contributed by atoms with Gasteiger partial charge in [0.15, 0.2) is 0 Å². The number of nitro benzene ring substituents is 1. The highest BCUT2D eigenvalue weighted by Gasteiger charge is 2.16. The first kappa shape index (κ1) is 13.1. The maximum atomic E-state index is 11.3. The number of rotatable bonds is 5. The van der Waals surface area contributed by atoms with Crippen LogP contribution in [0.25, 0.3) is 0 Å². The van der Waals surface area contributed by atoms with Crippen LogP contribution >= 0.6 is 27.5 Å². The van der Waals surface area contributed by atoms with Crippen LogP contribution in [0, 0.1) is 10.1 Å². The van der Waals surface area contributed by atoms with Crippen LogP contribution in [0.1, 0.15) is 11.1 Å². The van der Waals surface area contributed by atoms with Gasteiger partial charge in [0.2, 0.25) is 0 Å². The lowest BCUT2D eigenvalue weighted by Gasteiger charge is -2.03. The van der Waals surface area contributed by atoms with Crippen molar-refractivity contribution in [3.05, 3.63) is 39.4 Å². The number of carbonyl (C=O) groups is 1. The molecule has 1 aromatic carbocycles. The standard InChI is InChI=1S/C10H9BrClNO3/c11-5-9(14)4-8-3-7(6-12)1-2-10(8)13(15)16/h1-3H,4-6H2. The Kier molecular flexibility index (Phi) is 4.89. The van der Waals surface area contributed by atoms with Crippen LogP contribution in [0.4, 0.5) is 5.69 Å². The van der Waals surface area contributed by atoms with Crippen molar-refractivity contribution in [1.82, 2.24) is 0 Å². The van der Waals surface area contributed by atoms with Gasteiger partial charge in [0.05, 0.1) is 10.3 Å². The molecule has 0 aromatic heterocycles. The van der Waals surface area contributed by atoms with Gasteiger partial charge in [-0.2, -0.15) is 0 Å². The molecule has 6 heteroatoms. The number of benzene rings is 1. The van der Waals surface area contributed by atoms with Gasteiger partial charge in [-0.15, -0.1) is 11.6 Å². The van der Waals surface area contributed by atoms with Gasteiger partial charge >= 0.3 is 0 Å². The molecule has 0 saturated heterocycles. The van der Waals surface area contributed by atoms with Crippen molar-refractivity contribution in [3.63, 3.8) is 0 Å². The molecule has 1 rings (SSSR count). The maximum absolute atomic E-state index is 11.3. The quantitative estimate of drug-likeness (QED) is 0.477. The number of hydrogen-bond acceptors (Lipinski definition) is 3. The van der Waals surface area contributed by atoms with E-state index < -0.39 is 4.92 Å². The predicted molar refractivity (Wildman–Crippen MR) is 65.2 cm³/mol. The van der Waals surface area contributed by atoms with Crippen LogP contribution in [0.3, 0.4) is 0 Å². The zero-order chi connectivity index (χ0) is 12.1. The Bertz CT molecular complexity index is 423. The smallest absolute Gasteiger partial charge is 0.273 e. The fraction of sp³-hybridized carbons (Fsp3) is 0.300. The van der Waals surface area contributed by atoms with Crippen LogP contribution in [-0.4, -0.2) is 16.0 Å². The van der Waals surface area contributed by atoms with Crippen molar-refractivity contribution in [1.29, 1.82) is 0 Å². The molecule has 0 fully saturated rings. The predicted octanol–water partition coefficient (Wildman–Crippen LogP) is 2.84. The van der Waals surface area contributed by atoms with Gasteiger partial charge in [-0.25, -0.2) is 0 Å². The monoisotopic (exact) mass is 305 g/mol. The van der Waals surface area contributed by atoms with E-state index in [9.17, 15) is 14.9 Å². The van der Waals surface area contributed by atoms with Crippen LogP contribution in [0.15, 0.2) is 18.2 Å². The second-order valence-corrected chi connectivity index (χ2v) is 4.03. The summed E-state index contributed by atoms with van der Waals surface area (Å²) >= 11 is 8.66. The van der Waals surface area contributed by atoms with Crippen LogP contribution in [0.5, 0.6) is 0 Å². The third kappa shape index (κ3) is 3.28. The van der Waals surface area contributed by atoms with Crippen molar-refractivity contribution >= 4 is 39.0 Å². The largest absolute Gasteiger partial charge is 0.298 e. The highest BCUT2D eigenvalue weighted by Crippen LogP contribution is 2.21. The van der Waals surface area contributed by atoms with Gasteiger partial charge < -0.3 is 0 Å². The summed E-state index contributed by atoms with van der Waals surface area (Å²) in [4.78, 5) is 21.5.